The highest BCUT2D eigenvalue weighted by atomic mass is 35.5. The number of nitrogen functional groups attached to an aromatic ring is 1. The topological polar surface area (TPSA) is 91.1 Å². The largest absolute Gasteiger partial charge is 0.452 e. The van der Waals surface area contributed by atoms with Gasteiger partial charge in [-0.15, -0.1) is 0 Å². The summed E-state index contributed by atoms with van der Waals surface area (Å²) in [6.45, 7) is 1.16. The van der Waals surface area contributed by atoms with Crippen LogP contribution < -0.4 is 5.73 Å². The van der Waals surface area contributed by atoms with Crippen molar-refractivity contribution in [1.82, 2.24) is 4.90 Å². The van der Waals surface area contributed by atoms with E-state index < -0.39 is 5.97 Å². The summed E-state index contributed by atoms with van der Waals surface area (Å²) in [4.78, 5) is 25.6. The summed E-state index contributed by atoms with van der Waals surface area (Å²) >= 11 is 5.77. The van der Waals surface area contributed by atoms with Crippen LogP contribution in [0.25, 0.3) is 0 Å². The van der Waals surface area contributed by atoms with E-state index in [9.17, 15) is 9.59 Å². The SMILES string of the molecule is COCCN(CCOC)C(=O)COC(=O)c1ccc(Cl)cc1N. The summed E-state index contributed by atoms with van der Waals surface area (Å²) < 4.78 is 14.9. The number of anilines is 1. The average molecular weight is 345 g/mol. The molecule has 0 unspecified atom stereocenters. The molecular formula is C15H21ClN2O5. The molecule has 1 aromatic rings. The van der Waals surface area contributed by atoms with Crippen LogP contribution in [0.5, 0.6) is 0 Å². The van der Waals surface area contributed by atoms with E-state index in [1.54, 1.807) is 14.2 Å². The minimum Gasteiger partial charge on any atom is -0.452 e. The van der Waals surface area contributed by atoms with Gasteiger partial charge in [-0.2, -0.15) is 0 Å². The predicted molar refractivity (Wildman–Crippen MR) is 86.5 cm³/mol. The molecule has 0 fully saturated rings. The molecule has 7 nitrogen and oxygen atoms in total. The first-order chi connectivity index (χ1) is 11.0. The first-order valence-electron chi connectivity index (χ1n) is 6.97. The highest BCUT2D eigenvalue weighted by Gasteiger charge is 2.17. The van der Waals surface area contributed by atoms with E-state index in [2.05, 4.69) is 0 Å². The number of hydrogen-bond donors (Lipinski definition) is 1. The Hall–Kier alpha value is -1.83. The Balaban J connectivity index is 2.59. The number of amides is 1. The molecule has 1 amide bonds. The molecule has 0 bridgehead atoms. The van der Waals surface area contributed by atoms with Crippen LogP contribution in [0.3, 0.4) is 0 Å². The molecule has 2 N–H and O–H groups in total. The van der Waals surface area contributed by atoms with E-state index in [-0.39, 0.29) is 23.8 Å². The van der Waals surface area contributed by atoms with Crippen LogP contribution in [0.15, 0.2) is 18.2 Å². The van der Waals surface area contributed by atoms with Crippen molar-refractivity contribution in [3.8, 4) is 0 Å². The van der Waals surface area contributed by atoms with E-state index in [0.717, 1.165) is 0 Å². The summed E-state index contributed by atoms with van der Waals surface area (Å²) in [7, 11) is 3.09. The van der Waals surface area contributed by atoms with Gasteiger partial charge in [0.15, 0.2) is 6.61 Å². The fourth-order valence-corrected chi connectivity index (χ4v) is 1.96. The van der Waals surface area contributed by atoms with E-state index in [1.165, 1.54) is 23.1 Å². The number of nitrogens with two attached hydrogens (primary N) is 1. The molecular weight excluding hydrogens is 324 g/mol. The Labute approximate surface area is 140 Å². The first kappa shape index (κ1) is 19.2. The molecule has 0 aliphatic heterocycles. The van der Waals surface area contributed by atoms with Gasteiger partial charge < -0.3 is 24.8 Å². The van der Waals surface area contributed by atoms with Crippen molar-refractivity contribution < 1.29 is 23.8 Å². The monoisotopic (exact) mass is 344 g/mol. The van der Waals surface area contributed by atoms with Gasteiger partial charge in [0.2, 0.25) is 0 Å². The Bertz CT molecular complexity index is 531. The minimum atomic E-state index is -0.675. The van der Waals surface area contributed by atoms with Crippen molar-refractivity contribution in [2.24, 2.45) is 0 Å². The van der Waals surface area contributed by atoms with Gasteiger partial charge in [-0.05, 0) is 18.2 Å². The maximum Gasteiger partial charge on any atom is 0.340 e. The number of carbonyl (C=O) groups excluding carboxylic acids is 2. The number of halogens is 1. The molecule has 0 saturated heterocycles. The van der Waals surface area contributed by atoms with Gasteiger partial charge >= 0.3 is 5.97 Å². The van der Waals surface area contributed by atoms with Crippen LogP contribution in [0, 0.1) is 0 Å². The standard InChI is InChI=1S/C15H21ClN2O5/c1-21-7-5-18(6-8-22-2)14(19)10-23-15(20)12-4-3-11(16)9-13(12)17/h3-4,9H,5-8,10,17H2,1-2H3. The number of ether oxygens (including phenoxy) is 3. The second-order valence-corrected chi connectivity index (χ2v) is 5.11. The van der Waals surface area contributed by atoms with Gasteiger partial charge in [0.05, 0.1) is 18.8 Å². The Morgan fingerprint density at radius 1 is 1.17 bits per heavy atom. The van der Waals surface area contributed by atoms with Crippen LogP contribution in [0.2, 0.25) is 5.02 Å². The van der Waals surface area contributed by atoms with Crippen molar-refractivity contribution in [3.63, 3.8) is 0 Å². The molecule has 0 radical (unpaired) electrons. The van der Waals surface area contributed by atoms with Gasteiger partial charge in [0.1, 0.15) is 0 Å². The smallest absolute Gasteiger partial charge is 0.340 e. The highest BCUT2D eigenvalue weighted by molar-refractivity contribution is 6.31. The predicted octanol–water partition coefficient (Wildman–Crippen LogP) is 1.20. The third kappa shape index (κ3) is 6.43. The minimum absolute atomic E-state index is 0.169. The zero-order valence-electron chi connectivity index (χ0n) is 13.2. The van der Waals surface area contributed by atoms with Crippen molar-refractivity contribution in [2.45, 2.75) is 0 Å². The third-order valence-corrected chi connectivity index (χ3v) is 3.28. The van der Waals surface area contributed by atoms with E-state index >= 15 is 0 Å². The van der Waals surface area contributed by atoms with Crippen molar-refractivity contribution in [1.29, 1.82) is 0 Å². The number of carbonyl (C=O) groups is 2. The summed E-state index contributed by atoms with van der Waals surface area (Å²) in [5.74, 6) is -1.01. The van der Waals surface area contributed by atoms with Gasteiger partial charge in [-0.3, -0.25) is 4.79 Å². The first-order valence-corrected chi connectivity index (χ1v) is 7.35. The van der Waals surface area contributed by atoms with Crippen molar-refractivity contribution >= 4 is 29.2 Å². The maximum absolute atomic E-state index is 12.1. The second kappa shape index (κ2) is 10.0. The molecule has 23 heavy (non-hydrogen) atoms. The molecule has 0 aromatic heterocycles. The molecule has 1 aromatic carbocycles. The molecule has 128 valence electrons. The number of nitrogens with zero attached hydrogens (tertiary/aromatic N) is 1. The normalized spacial score (nSPS) is 10.4. The summed E-state index contributed by atoms with van der Waals surface area (Å²) in [5.41, 5.74) is 6.07. The lowest BCUT2D eigenvalue weighted by molar-refractivity contribution is -0.135. The average Bonchev–Trinajstić information content (AvgIpc) is 2.52. The molecule has 0 spiro atoms. The van der Waals surface area contributed by atoms with Crippen LogP contribution in [-0.2, 0) is 19.0 Å². The quantitative estimate of drug-likeness (QED) is 0.534. The second-order valence-electron chi connectivity index (χ2n) is 4.67. The van der Waals surface area contributed by atoms with Crippen LogP contribution in [0.1, 0.15) is 10.4 Å². The molecule has 0 aliphatic rings. The summed E-state index contributed by atoms with van der Waals surface area (Å²) in [6, 6.07) is 4.43. The van der Waals surface area contributed by atoms with Crippen LogP contribution in [0.4, 0.5) is 5.69 Å². The number of hydrogen-bond acceptors (Lipinski definition) is 6. The lowest BCUT2D eigenvalue weighted by Crippen LogP contribution is -2.39. The zero-order valence-corrected chi connectivity index (χ0v) is 14.0. The van der Waals surface area contributed by atoms with Crippen LogP contribution in [-0.4, -0.2) is 63.9 Å². The van der Waals surface area contributed by atoms with Gasteiger partial charge in [0, 0.05) is 38.0 Å². The fraction of sp³-hybridized carbons (Fsp3) is 0.467. The van der Waals surface area contributed by atoms with Gasteiger partial charge in [-0.25, -0.2) is 4.79 Å². The molecule has 0 atom stereocenters. The van der Waals surface area contributed by atoms with E-state index in [4.69, 9.17) is 31.5 Å². The van der Waals surface area contributed by atoms with E-state index in [0.29, 0.717) is 31.3 Å². The molecule has 0 saturated carbocycles. The summed E-state index contributed by atoms with van der Waals surface area (Å²) in [5, 5.41) is 0.417. The molecule has 1 rings (SSSR count). The number of rotatable bonds is 9. The number of methoxy groups -OCH3 is 2. The Morgan fingerprint density at radius 2 is 1.78 bits per heavy atom. The van der Waals surface area contributed by atoms with Gasteiger partial charge in [-0.1, -0.05) is 11.6 Å². The summed E-state index contributed by atoms with van der Waals surface area (Å²) in [6.07, 6.45) is 0. The lowest BCUT2D eigenvalue weighted by Gasteiger charge is -2.21. The van der Waals surface area contributed by atoms with E-state index in [1.807, 2.05) is 0 Å². The molecule has 0 heterocycles. The Morgan fingerprint density at radius 3 is 2.30 bits per heavy atom. The maximum atomic E-state index is 12.1. The highest BCUT2D eigenvalue weighted by Crippen LogP contribution is 2.18. The number of esters is 1. The Kier molecular flexibility index (Phi) is 8.39. The number of benzene rings is 1. The third-order valence-electron chi connectivity index (χ3n) is 3.04. The van der Waals surface area contributed by atoms with Gasteiger partial charge in [0.25, 0.3) is 5.91 Å². The fourth-order valence-electron chi connectivity index (χ4n) is 1.78. The van der Waals surface area contributed by atoms with Crippen molar-refractivity contribution in [2.75, 3.05) is 52.9 Å². The molecule has 0 aliphatic carbocycles. The molecule has 8 heteroatoms. The lowest BCUT2D eigenvalue weighted by atomic mass is 10.2. The van der Waals surface area contributed by atoms with Crippen LogP contribution >= 0.6 is 11.6 Å². The van der Waals surface area contributed by atoms with Crippen molar-refractivity contribution in [3.05, 3.63) is 28.8 Å². The zero-order chi connectivity index (χ0) is 17.2.